The molecule has 1 aromatic heterocycles. The highest BCUT2D eigenvalue weighted by Gasteiger charge is 2.04. The highest BCUT2D eigenvalue weighted by atomic mass is 35.5. The van der Waals surface area contributed by atoms with Crippen LogP contribution < -0.4 is 4.74 Å². The highest BCUT2D eigenvalue weighted by Crippen LogP contribution is 2.22. The Hall–Kier alpha value is -1.54. The van der Waals surface area contributed by atoms with E-state index >= 15 is 0 Å². The first-order chi connectivity index (χ1) is 12.7. The molecule has 2 nitrogen and oxygen atoms in total. The Balaban J connectivity index is 1.81. The molecule has 0 radical (unpaired) electrons. The van der Waals surface area contributed by atoms with Crippen molar-refractivity contribution in [2.45, 2.75) is 70.6 Å². The van der Waals surface area contributed by atoms with Gasteiger partial charge < -0.3 is 4.74 Å². The van der Waals surface area contributed by atoms with Gasteiger partial charge in [0.15, 0.2) is 0 Å². The van der Waals surface area contributed by atoms with Crippen molar-refractivity contribution in [3.63, 3.8) is 0 Å². The molecule has 1 aromatic carbocycles. The van der Waals surface area contributed by atoms with Gasteiger partial charge in [-0.3, -0.25) is 4.98 Å². The molecule has 142 valence electrons. The second-order valence-corrected chi connectivity index (χ2v) is 7.50. The van der Waals surface area contributed by atoms with Crippen molar-refractivity contribution in [1.29, 1.82) is 0 Å². The van der Waals surface area contributed by atoms with Gasteiger partial charge in [0.2, 0.25) is 0 Å². The molecule has 0 aliphatic carbocycles. The maximum Gasteiger partial charge on any atom is 0.119 e. The number of nitrogens with zero attached hydrogens (tertiary/aromatic N) is 1. The summed E-state index contributed by atoms with van der Waals surface area (Å²) in [7, 11) is 0. The Morgan fingerprint density at radius 2 is 1.73 bits per heavy atom. The largest absolute Gasteiger partial charge is 0.494 e. The first-order valence-electron chi connectivity index (χ1n) is 10.0. The van der Waals surface area contributed by atoms with Gasteiger partial charge >= 0.3 is 0 Å². The fourth-order valence-corrected chi connectivity index (χ4v) is 3.00. The molecule has 0 bridgehead atoms. The van der Waals surface area contributed by atoms with Gasteiger partial charge in [0.05, 0.1) is 12.3 Å². The smallest absolute Gasteiger partial charge is 0.119 e. The SMILES string of the molecule is CCCCCCCc1ccc(-c2ccc(OCCC(Cl)CC)cc2)nc1. The van der Waals surface area contributed by atoms with Crippen molar-refractivity contribution < 1.29 is 4.74 Å². The van der Waals surface area contributed by atoms with Crippen LogP contribution in [0.1, 0.15) is 64.4 Å². The molecule has 3 heteroatoms. The number of halogens is 1. The van der Waals surface area contributed by atoms with E-state index in [0.29, 0.717) is 6.61 Å². The van der Waals surface area contributed by atoms with Gasteiger partial charge in [0.1, 0.15) is 5.75 Å². The van der Waals surface area contributed by atoms with Gasteiger partial charge in [0.25, 0.3) is 0 Å². The number of pyridine rings is 1. The van der Waals surface area contributed by atoms with Crippen LogP contribution in [0.2, 0.25) is 0 Å². The number of aromatic nitrogens is 1. The topological polar surface area (TPSA) is 22.1 Å². The lowest BCUT2D eigenvalue weighted by Gasteiger charge is -2.09. The van der Waals surface area contributed by atoms with Gasteiger partial charge in [-0.1, -0.05) is 45.6 Å². The molecule has 0 N–H and O–H groups in total. The Morgan fingerprint density at radius 3 is 2.38 bits per heavy atom. The van der Waals surface area contributed by atoms with Crippen molar-refractivity contribution in [3.8, 4) is 17.0 Å². The van der Waals surface area contributed by atoms with Crippen molar-refractivity contribution >= 4 is 11.6 Å². The van der Waals surface area contributed by atoms with Gasteiger partial charge in [-0.05, 0) is 61.6 Å². The molecule has 0 saturated carbocycles. The first kappa shape index (κ1) is 20.8. The molecule has 2 aromatic rings. The van der Waals surface area contributed by atoms with E-state index in [2.05, 4.69) is 43.1 Å². The summed E-state index contributed by atoms with van der Waals surface area (Å²) >= 11 is 6.12. The number of alkyl halides is 1. The monoisotopic (exact) mass is 373 g/mol. The average molecular weight is 374 g/mol. The average Bonchev–Trinajstić information content (AvgIpc) is 2.69. The lowest BCUT2D eigenvalue weighted by molar-refractivity contribution is 0.307. The molecule has 26 heavy (non-hydrogen) atoms. The quantitative estimate of drug-likeness (QED) is 0.294. The summed E-state index contributed by atoms with van der Waals surface area (Å²) in [6, 6.07) is 12.5. The number of ether oxygens (including phenoxy) is 1. The summed E-state index contributed by atoms with van der Waals surface area (Å²) in [6.45, 7) is 5.01. The second-order valence-electron chi connectivity index (χ2n) is 6.88. The number of benzene rings is 1. The third kappa shape index (κ3) is 7.37. The first-order valence-corrected chi connectivity index (χ1v) is 10.5. The maximum absolute atomic E-state index is 6.12. The fourth-order valence-electron chi connectivity index (χ4n) is 2.91. The molecule has 1 unspecified atom stereocenters. The van der Waals surface area contributed by atoms with Crippen molar-refractivity contribution in [2.24, 2.45) is 0 Å². The van der Waals surface area contributed by atoms with Crippen LogP contribution in [-0.2, 0) is 6.42 Å². The standard InChI is InChI=1S/C23H32ClNO/c1-3-5-6-7-8-9-19-10-15-23(25-18-19)20-11-13-22(14-12-20)26-17-16-21(24)4-2/h10-15,18,21H,3-9,16-17H2,1-2H3. The summed E-state index contributed by atoms with van der Waals surface area (Å²) in [6.07, 6.45) is 11.6. The van der Waals surface area contributed by atoms with Crippen molar-refractivity contribution in [2.75, 3.05) is 6.61 Å². The van der Waals surface area contributed by atoms with Crippen LogP contribution in [0.15, 0.2) is 42.6 Å². The summed E-state index contributed by atoms with van der Waals surface area (Å²) < 4.78 is 5.76. The molecule has 0 amide bonds. The minimum Gasteiger partial charge on any atom is -0.494 e. The van der Waals surface area contributed by atoms with Gasteiger partial charge in [0, 0.05) is 17.1 Å². The van der Waals surface area contributed by atoms with E-state index in [0.717, 1.165) is 36.3 Å². The number of hydrogen-bond donors (Lipinski definition) is 0. The predicted octanol–water partition coefficient (Wildman–Crippen LogP) is 7.05. The normalized spacial score (nSPS) is 12.1. The number of aryl methyl sites for hydroxylation is 1. The summed E-state index contributed by atoms with van der Waals surface area (Å²) in [4.78, 5) is 4.63. The van der Waals surface area contributed by atoms with Gasteiger partial charge in [-0.25, -0.2) is 0 Å². The van der Waals surface area contributed by atoms with Crippen LogP contribution in [-0.4, -0.2) is 17.0 Å². The lowest BCUT2D eigenvalue weighted by Crippen LogP contribution is -2.05. The Bertz CT molecular complexity index is 609. The zero-order chi connectivity index (χ0) is 18.6. The molecule has 0 spiro atoms. The van der Waals surface area contributed by atoms with E-state index in [1.807, 2.05) is 18.3 Å². The Labute approximate surface area is 164 Å². The van der Waals surface area contributed by atoms with Crippen LogP contribution in [0.4, 0.5) is 0 Å². The van der Waals surface area contributed by atoms with E-state index in [-0.39, 0.29) is 5.38 Å². The van der Waals surface area contributed by atoms with E-state index in [9.17, 15) is 0 Å². The highest BCUT2D eigenvalue weighted by molar-refractivity contribution is 6.20. The molecule has 0 aliphatic heterocycles. The van der Waals surface area contributed by atoms with Crippen LogP contribution in [0.5, 0.6) is 5.75 Å². The van der Waals surface area contributed by atoms with Gasteiger partial charge in [-0.15, -0.1) is 11.6 Å². The molecule has 0 aliphatic rings. The molecule has 1 heterocycles. The van der Waals surface area contributed by atoms with Crippen LogP contribution >= 0.6 is 11.6 Å². The van der Waals surface area contributed by atoms with E-state index in [1.54, 1.807) is 0 Å². The van der Waals surface area contributed by atoms with Gasteiger partial charge in [-0.2, -0.15) is 0 Å². The van der Waals surface area contributed by atoms with Crippen molar-refractivity contribution in [1.82, 2.24) is 4.98 Å². The predicted molar refractivity (Wildman–Crippen MR) is 112 cm³/mol. The fraction of sp³-hybridized carbons (Fsp3) is 0.522. The van der Waals surface area contributed by atoms with E-state index in [4.69, 9.17) is 16.3 Å². The minimum atomic E-state index is 0.198. The Morgan fingerprint density at radius 1 is 0.962 bits per heavy atom. The zero-order valence-corrected chi connectivity index (χ0v) is 17.0. The summed E-state index contributed by atoms with van der Waals surface area (Å²) in [5, 5.41) is 0.198. The van der Waals surface area contributed by atoms with E-state index < -0.39 is 0 Å². The third-order valence-corrected chi connectivity index (χ3v) is 5.21. The molecular weight excluding hydrogens is 342 g/mol. The van der Waals surface area contributed by atoms with Crippen LogP contribution in [0, 0.1) is 0 Å². The number of hydrogen-bond acceptors (Lipinski definition) is 2. The zero-order valence-electron chi connectivity index (χ0n) is 16.2. The molecular formula is C23H32ClNO. The van der Waals surface area contributed by atoms with Crippen molar-refractivity contribution in [3.05, 3.63) is 48.2 Å². The third-order valence-electron chi connectivity index (χ3n) is 4.69. The summed E-state index contributed by atoms with van der Waals surface area (Å²) in [5.41, 5.74) is 3.46. The minimum absolute atomic E-state index is 0.198. The number of unbranched alkanes of at least 4 members (excludes halogenated alkanes) is 4. The lowest BCUT2D eigenvalue weighted by atomic mass is 10.1. The summed E-state index contributed by atoms with van der Waals surface area (Å²) in [5.74, 6) is 0.886. The Kier molecular flexibility index (Phi) is 9.55. The van der Waals surface area contributed by atoms with Crippen LogP contribution in [0.3, 0.4) is 0 Å². The van der Waals surface area contributed by atoms with Crippen LogP contribution in [0.25, 0.3) is 11.3 Å². The number of rotatable bonds is 12. The molecule has 1 atom stereocenters. The van der Waals surface area contributed by atoms with E-state index in [1.165, 1.54) is 37.7 Å². The second kappa shape index (κ2) is 12.0. The molecule has 0 saturated heterocycles. The maximum atomic E-state index is 6.12. The molecule has 0 fully saturated rings. The molecule has 2 rings (SSSR count).